The molecule has 0 unspecified atom stereocenters. The van der Waals surface area contributed by atoms with E-state index in [4.69, 9.17) is 29.6 Å². The number of halogens is 1. The third-order valence-electron chi connectivity index (χ3n) is 2.24. The van der Waals surface area contributed by atoms with E-state index in [0.717, 1.165) is 5.69 Å². The van der Waals surface area contributed by atoms with E-state index in [1.165, 1.54) is 0 Å². The van der Waals surface area contributed by atoms with Gasteiger partial charge in [0.1, 0.15) is 4.99 Å². The van der Waals surface area contributed by atoms with Gasteiger partial charge in [0.2, 0.25) is 0 Å². The van der Waals surface area contributed by atoms with E-state index >= 15 is 0 Å². The fraction of sp³-hybridized carbons (Fsp3) is 0.0909. The molecule has 17 heavy (non-hydrogen) atoms. The van der Waals surface area contributed by atoms with Gasteiger partial charge in [-0.15, -0.1) is 0 Å². The van der Waals surface area contributed by atoms with Gasteiger partial charge in [-0.25, -0.2) is 0 Å². The number of nitrogens with one attached hydrogen (secondary N) is 1. The monoisotopic (exact) mass is 266 g/mol. The number of hydrogen-bond donors (Lipinski definition) is 2. The number of rotatable bonds is 3. The van der Waals surface area contributed by atoms with Gasteiger partial charge in [0.05, 0.1) is 16.3 Å². The molecule has 0 aliphatic rings. The molecule has 4 nitrogen and oxygen atoms in total. The van der Waals surface area contributed by atoms with Crippen molar-refractivity contribution in [3.05, 3.63) is 41.0 Å². The highest BCUT2D eigenvalue weighted by Gasteiger charge is 2.10. The molecule has 0 saturated carbocycles. The summed E-state index contributed by atoms with van der Waals surface area (Å²) in [6, 6.07) is 7.29. The minimum absolute atomic E-state index is 0.258. The lowest BCUT2D eigenvalue weighted by atomic mass is 10.1. The SMILES string of the molecule is Cn1ccc(Nc2cccc(Cl)c2C(N)=S)n1. The minimum Gasteiger partial charge on any atom is -0.389 e. The van der Waals surface area contributed by atoms with Gasteiger partial charge < -0.3 is 11.1 Å². The van der Waals surface area contributed by atoms with Crippen LogP contribution in [-0.4, -0.2) is 14.8 Å². The molecular formula is C11H11ClN4S. The summed E-state index contributed by atoms with van der Waals surface area (Å²) in [5.74, 6) is 0.715. The predicted molar refractivity (Wildman–Crippen MR) is 73.8 cm³/mol. The summed E-state index contributed by atoms with van der Waals surface area (Å²) in [5.41, 5.74) is 7.04. The van der Waals surface area contributed by atoms with Crippen LogP contribution in [0.4, 0.5) is 11.5 Å². The third kappa shape index (κ3) is 2.57. The largest absolute Gasteiger partial charge is 0.389 e. The van der Waals surface area contributed by atoms with Gasteiger partial charge in [0.15, 0.2) is 5.82 Å². The minimum atomic E-state index is 0.258. The number of nitrogens with two attached hydrogens (primary N) is 1. The molecule has 0 aliphatic carbocycles. The smallest absolute Gasteiger partial charge is 0.152 e. The molecule has 3 N–H and O–H groups in total. The summed E-state index contributed by atoms with van der Waals surface area (Å²) in [6.07, 6.45) is 1.84. The first kappa shape index (κ1) is 11.9. The Labute approximate surface area is 109 Å². The average molecular weight is 267 g/mol. The first-order valence-electron chi connectivity index (χ1n) is 4.93. The second kappa shape index (κ2) is 4.73. The number of nitrogens with zero attached hydrogens (tertiary/aromatic N) is 2. The second-order valence-electron chi connectivity index (χ2n) is 3.53. The van der Waals surface area contributed by atoms with Crippen molar-refractivity contribution in [2.24, 2.45) is 12.8 Å². The molecule has 0 fully saturated rings. The predicted octanol–water partition coefficient (Wildman–Crippen LogP) is 2.45. The van der Waals surface area contributed by atoms with Crippen molar-refractivity contribution in [2.75, 3.05) is 5.32 Å². The van der Waals surface area contributed by atoms with Crippen molar-refractivity contribution >= 4 is 40.3 Å². The summed E-state index contributed by atoms with van der Waals surface area (Å²) >= 11 is 11.0. The van der Waals surface area contributed by atoms with E-state index in [9.17, 15) is 0 Å². The van der Waals surface area contributed by atoms with Crippen molar-refractivity contribution in [1.29, 1.82) is 0 Å². The van der Waals surface area contributed by atoms with Crippen molar-refractivity contribution in [3.8, 4) is 0 Å². The number of thiocarbonyl (C=S) groups is 1. The van der Waals surface area contributed by atoms with E-state index < -0.39 is 0 Å². The molecule has 1 aromatic carbocycles. The van der Waals surface area contributed by atoms with Crippen LogP contribution in [0.5, 0.6) is 0 Å². The van der Waals surface area contributed by atoms with Crippen LogP contribution in [0.15, 0.2) is 30.5 Å². The molecule has 0 radical (unpaired) electrons. The number of aromatic nitrogens is 2. The van der Waals surface area contributed by atoms with Crippen molar-refractivity contribution in [3.63, 3.8) is 0 Å². The Balaban J connectivity index is 2.39. The Morgan fingerprint density at radius 1 is 1.47 bits per heavy atom. The molecule has 0 bridgehead atoms. The van der Waals surface area contributed by atoms with Crippen molar-refractivity contribution in [1.82, 2.24) is 9.78 Å². The molecule has 2 rings (SSSR count). The highest BCUT2D eigenvalue weighted by Crippen LogP contribution is 2.26. The van der Waals surface area contributed by atoms with Crippen LogP contribution in [0.1, 0.15) is 5.56 Å². The van der Waals surface area contributed by atoms with Crippen LogP contribution in [0.3, 0.4) is 0 Å². The van der Waals surface area contributed by atoms with Gasteiger partial charge >= 0.3 is 0 Å². The highest BCUT2D eigenvalue weighted by atomic mass is 35.5. The number of benzene rings is 1. The van der Waals surface area contributed by atoms with Crippen LogP contribution < -0.4 is 11.1 Å². The van der Waals surface area contributed by atoms with Crippen LogP contribution >= 0.6 is 23.8 Å². The quantitative estimate of drug-likeness (QED) is 0.838. The third-order valence-corrected chi connectivity index (χ3v) is 2.76. The topological polar surface area (TPSA) is 55.9 Å². The second-order valence-corrected chi connectivity index (χ2v) is 4.37. The fourth-order valence-electron chi connectivity index (χ4n) is 1.50. The Morgan fingerprint density at radius 2 is 2.24 bits per heavy atom. The van der Waals surface area contributed by atoms with Crippen LogP contribution in [-0.2, 0) is 7.05 Å². The maximum absolute atomic E-state index is 6.06. The zero-order chi connectivity index (χ0) is 12.4. The maximum Gasteiger partial charge on any atom is 0.152 e. The molecule has 1 heterocycles. The first-order valence-corrected chi connectivity index (χ1v) is 5.71. The number of hydrogen-bond acceptors (Lipinski definition) is 3. The average Bonchev–Trinajstić information content (AvgIpc) is 2.63. The summed E-state index contributed by atoms with van der Waals surface area (Å²) in [4.78, 5) is 0.258. The van der Waals surface area contributed by atoms with Gasteiger partial charge in [0, 0.05) is 19.3 Å². The fourth-order valence-corrected chi connectivity index (χ4v) is 2.05. The summed E-state index contributed by atoms with van der Waals surface area (Å²) in [5, 5.41) is 7.87. The maximum atomic E-state index is 6.06. The zero-order valence-electron chi connectivity index (χ0n) is 9.14. The Morgan fingerprint density at radius 3 is 2.82 bits per heavy atom. The van der Waals surface area contributed by atoms with Crippen LogP contribution in [0.25, 0.3) is 0 Å². The summed E-state index contributed by atoms with van der Waals surface area (Å²) in [7, 11) is 1.84. The van der Waals surface area contributed by atoms with E-state index in [2.05, 4.69) is 10.4 Å². The molecule has 2 aromatic rings. The van der Waals surface area contributed by atoms with Gasteiger partial charge in [-0.3, -0.25) is 4.68 Å². The number of anilines is 2. The molecule has 0 aliphatic heterocycles. The van der Waals surface area contributed by atoms with Gasteiger partial charge in [-0.1, -0.05) is 29.9 Å². The van der Waals surface area contributed by atoms with Crippen LogP contribution in [0, 0.1) is 0 Å². The van der Waals surface area contributed by atoms with Gasteiger partial charge in [-0.2, -0.15) is 5.10 Å². The molecule has 0 atom stereocenters. The Bertz CT molecular complexity index is 564. The molecule has 88 valence electrons. The molecule has 6 heteroatoms. The molecule has 0 spiro atoms. The standard InChI is InChI=1S/C11H11ClN4S/c1-16-6-5-9(15-16)14-8-4-2-3-7(12)10(8)11(13)17/h2-6H,1H3,(H2,13,17)(H,14,15). The Kier molecular flexibility index (Phi) is 3.31. The van der Waals surface area contributed by atoms with E-state index in [1.54, 1.807) is 10.7 Å². The van der Waals surface area contributed by atoms with Gasteiger partial charge in [0.25, 0.3) is 0 Å². The van der Waals surface area contributed by atoms with Crippen molar-refractivity contribution in [2.45, 2.75) is 0 Å². The molecular weight excluding hydrogens is 256 g/mol. The normalized spacial score (nSPS) is 10.2. The summed E-state index contributed by atoms with van der Waals surface area (Å²) < 4.78 is 1.70. The van der Waals surface area contributed by atoms with E-state index in [1.807, 2.05) is 31.4 Å². The lowest BCUT2D eigenvalue weighted by Gasteiger charge is -2.10. The van der Waals surface area contributed by atoms with Crippen LogP contribution in [0.2, 0.25) is 5.02 Å². The zero-order valence-corrected chi connectivity index (χ0v) is 10.7. The lowest BCUT2D eigenvalue weighted by Crippen LogP contribution is -2.12. The van der Waals surface area contributed by atoms with E-state index in [0.29, 0.717) is 16.4 Å². The van der Waals surface area contributed by atoms with E-state index in [-0.39, 0.29) is 4.99 Å². The lowest BCUT2D eigenvalue weighted by molar-refractivity contribution is 0.771. The first-order chi connectivity index (χ1) is 8.08. The summed E-state index contributed by atoms with van der Waals surface area (Å²) in [6.45, 7) is 0. The molecule has 0 saturated heterocycles. The molecule has 0 amide bonds. The molecule has 1 aromatic heterocycles. The van der Waals surface area contributed by atoms with Gasteiger partial charge in [-0.05, 0) is 12.1 Å². The highest BCUT2D eigenvalue weighted by molar-refractivity contribution is 7.80. The number of aryl methyl sites for hydroxylation is 1. The Hall–Kier alpha value is -1.59. The van der Waals surface area contributed by atoms with Crippen molar-refractivity contribution < 1.29 is 0 Å².